The van der Waals surface area contributed by atoms with Gasteiger partial charge in [0.05, 0.1) is 23.8 Å². The van der Waals surface area contributed by atoms with E-state index in [1.807, 2.05) is 19.4 Å². The van der Waals surface area contributed by atoms with E-state index in [2.05, 4.69) is 20.4 Å². The lowest BCUT2D eigenvalue weighted by molar-refractivity contribution is 0.529. The molecule has 1 atom stereocenters. The lowest BCUT2D eigenvalue weighted by atomic mass is 10.1. The Bertz CT molecular complexity index is 724. The van der Waals surface area contributed by atoms with Crippen molar-refractivity contribution in [3.8, 4) is 0 Å². The second kappa shape index (κ2) is 6.00. The fourth-order valence-corrected chi connectivity index (χ4v) is 2.96. The van der Waals surface area contributed by atoms with Gasteiger partial charge >= 0.3 is 0 Å². The van der Waals surface area contributed by atoms with Crippen molar-refractivity contribution in [3.05, 3.63) is 34.0 Å². The van der Waals surface area contributed by atoms with Crippen molar-refractivity contribution in [2.45, 2.75) is 18.9 Å². The van der Waals surface area contributed by atoms with Crippen LogP contribution in [-0.2, 0) is 14.1 Å². The molecule has 0 aliphatic carbocycles. The lowest BCUT2D eigenvalue weighted by Crippen LogP contribution is -2.42. The highest BCUT2D eigenvalue weighted by molar-refractivity contribution is 6.32. The van der Waals surface area contributed by atoms with Gasteiger partial charge in [-0.15, -0.1) is 0 Å². The maximum Gasteiger partial charge on any atom is 0.287 e. The summed E-state index contributed by atoms with van der Waals surface area (Å²) in [5.41, 5.74) is 1.43. The summed E-state index contributed by atoms with van der Waals surface area (Å²) >= 11 is 6.11. The largest absolute Gasteiger partial charge is 0.378 e. The summed E-state index contributed by atoms with van der Waals surface area (Å²) < 4.78 is 3.03. The van der Waals surface area contributed by atoms with Crippen molar-refractivity contribution in [1.29, 1.82) is 0 Å². The molecule has 7 nitrogen and oxygen atoms in total. The maximum atomic E-state index is 11.8. The Hall–Kier alpha value is -2.02. The molecule has 1 saturated heterocycles. The molecule has 2 aromatic rings. The van der Waals surface area contributed by atoms with Crippen molar-refractivity contribution in [3.63, 3.8) is 0 Å². The van der Waals surface area contributed by atoms with Gasteiger partial charge in [0.15, 0.2) is 0 Å². The highest BCUT2D eigenvalue weighted by Crippen LogP contribution is 2.23. The first-order valence-electron chi connectivity index (χ1n) is 7.26. The fourth-order valence-electron chi connectivity index (χ4n) is 2.73. The van der Waals surface area contributed by atoms with Crippen LogP contribution in [-0.4, -0.2) is 38.7 Å². The first kappa shape index (κ1) is 14.9. The van der Waals surface area contributed by atoms with Crippen molar-refractivity contribution in [2.24, 2.45) is 14.1 Å². The minimum absolute atomic E-state index is 0.191. The smallest absolute Gasteiger partial charge is 0.287 e. The van der Waals surface area contributed by atoms with E-state index in [0.29, 0.717) is 5.69 Å². The van der Waals surface area contributed by atoms with Gasteiger partial charge < -0.3 is 10.2 Å². The average molecular weight is 323 g/mol. The zero-order valence-corrected chi connectivity index (χ0v) is 13.4. The summed E-state index contributed by atoms with van der Waals surface area (Å²) in [4.78, 5) is 14.1. The van der Waals surface area contributed by atoms with Crippen LogP contribution in [0, 0.1) is 0 Å². The van der Waals surface area contributed by atoms with Crippen LogP contribution in [0.3, 0.4) is 0 Å². The molecule has 1 N–H and O–H groups in total. The number of aryl methyl sites for hydroxylation is 2. The Labute approximate surface area is 133 Å². The summed E-state index contributed by atoms with van der Waals surface area (Å²) in [7, 11) is 3.50. The molecule has 0 aromatic carbocycles. The standard InChI is InChI=1S/C14H19ClN6O/c1-19-9-11(6-16-19)21-5-3-4-10(8-21)18-12-7-17-20(2)14(22)13(12)15/h6-7,9-10,18H,3-5,8H2,1-2H3/t10-/m1/s1. The fraction of sp³-hybridized carbons (Fsp3) is 0.500. The van der Waals surface area contributed by atoms with Crippen LogP contribution < -0.4 is 15.8 Å². The first-order valence-corrected chi connectivity index (χ1v) is 7.64. The second-order valence-corrected chi connectivity index (χ2v) is 5.98. The Balaban J connectivity index is 1.73. The SMILES string of the molecule is Cn1cc(N2CCC[C@@H](Nc3cnn(C)c(=O)c3Cl)C2)cn1. The molecule has 8 heteroatoms. The number of anilines is 2. The lowest BCUT2D eigenvalue weighted by Gasteiger charge is -2.34. The van der Waals surface area contributed by atoms with Gasteiger partial charge in [-0.3, -0.25) is 9.48 Å². The molecule has 2 aromatic heterocycles. The predicted molar refractivity (Wildman–Crippen MR) is 86.6 cm³/mol. The summed E-state index contributed by atoms with van der Waals surface area (Å²) in [6.45, 7) is 1.85. The third-order valence-corrected chi connectivity index (χ3v) is 4.28. The summed E-state index contributed by atoms with van der Waals surface area (Å²) in [6, 6.07) is 0.223. The minimum atomic E-state index is -0.286. The molecule has 1 fully saturated rings. The van der Waals surface area contributed by atoms with Gasteiger partial charge in [-0.2, -0.15) is 10.2 Å². The summed E-state index contributed by atoms with van der Waals surface area (Å²) in [6.07, 6.45) is 7.59. The molecule has 1 aliphatic heterocycles. The van der Waals surface area contributed by atoms with E-state index in [0.717, 1.165) is 31.6 Å². The number of hydrogen-bond donors (Lipinski definition) is 1. The third kappa shape index (κ3) is 2.94. The van der Waals surface area contributed by atoms with E-state index in [4.69, 9.17) is 11.6 Å². The Morgan fingerprint density at radius 3 is 2.86 bits per heavy atom. The van der Waals surface area contributed by atoms with Crippen LogP contribution in [0.2, 0.25) is 5.02 Å². The normalized spacial score (nSPS) is 18.5. The molecule has 0 unspecified atom stereocenters. The van der Waals surface area contributed by atoms with Crippen LogP contribution in [0.25, 0.3) is 0 Å². The zero-order valence-electron chi connectivity index (χ0n) is 12.7. The zero-order chi connectivity index (χ0) is 15.7. The molecule has 3 heterocycles. The Morgan fingerprint density at radius 2 is 2.14 bits per heavy atom. The van der Waals surface area contributed by atoms with Crippen molar-refractivity contribution in [2.75, 3.05) is 23.3 Å². The first-order chi connectivity index (χ1) is 10.5. The minimum Gasteiger partial charge on any atom is -0.378 e. The molecular formula is C14H19ClN6O. The molecule has 0 amide bonds. The van der Waals surface area contributed by atoms with E-state index >= 15 is 0 Å². The molecular weight excluding hydrogens is 304 g/mol. The molecule has 0 bridgehead atoms. The Kier molecular flexibility index (Phi) is 4.06. The molecule has 3 rings (SSSR count). The van der Waals surface area contributed by atoms with E-state index in [1.54, 1.807) is 17.9 Å². The van der Waals surface area contributed by atoms with Crippen molar-refractivity contribution in [1.82, 2.24) is 19.6 Å². The highest BCUT2D eigenvalue weighted by Gasteiger charge is 2.22. The predicted octanol–water partition coefficient (Wildman–Crippen LogP) is 1.25. The summed E-state index contributed by atoms with van der Waals surface area (Å²) in [5.74, 6) is 0. The number of hydrogen-bond acceptors (Lipinski definition) is 5. The van der Waals surface area contributed by atoms with Crippen LogP contribution in [0.15, 0.2) is 23.4 Å². The highest BCUT2D eigenvalue weighted by atomic mass is 35.5. The van der Waals surface area contributed by atoms with Gasteiger partial charge in [0.25, 0.3) is 5.56 Å². The van der Waals surface area contributed by atoms with E-state index in [9.17, 15) is 4.79 Å². The molecule has 0 saturated carbocycles. The Morgan fingerprint density at radius 1 is 1.32 bits per heavy atom. The van der Waals surface area contributed by atoms with Gasteiger partial charge in [-0.25, -0.2) is 4.68 Å². The van der Waals surface area contributed by atoms with Crippen LogP contribution in [0.1, 0.15) is 12.8 Å². The number of piperidine rings is 1. The average Bonchev–Trinajstić information content (AvgIpc) is 2.95. The maximum absolute atomic E-state index is 11.8. The van der Waals surface area contributed by atoms with Crippen molar-refractivity contribution >= 4 is 23.0 Å². The summed E-state index contributed by atoms with van der Waals surface area (Å²) in [5, 5.41) is 11.8. The quantitative estimate of drug-likeness (QED) is 0.921. The topological polar surface area (TPSA) is 68.0 Å². The number of rotatable bonds is 3. The molecule has 118 valence electrons. The molecule has 0 radical (unpaired) electrons. The van der Waals surface area contributed by atoms with Crippen LogP contribution >= 0.6 is 11.6 Å². The van der Waals surface area contributed by atoms with Gasteiger partial charge in [0, 0.05) is 39.4 Å². The van der Waals surface area contributed by atoms with Crippen molar-refractivity contribution < 1.29 is 0 Å². The monoisotopic (exact) mass is 322 g/mol. The van der Waals surface area contributed by atoms with Gasteiger partial charge in [-0.1, -0.05) is 11.6 Å². The number of halogens is 1. The van der Waals surface area contributed by atoms with E-state index < -0.39 is 0 Å². The van der Waals surface area contributed by atoms with E-state index in [1.165, 1.54) is 4.68 Å². The molecule has 22 heavy (non-hydrogen) atoms. The second-order valence-electron chi connectivity index (χ2n) is 5.60. The van der Waals surface area contributed by atoms with Crippen LogP contribution in [0.5, 0.6) is 0 Å². The van der Waals surface area contributed by atoms with Crippen LogP contribution in [0.4, 0.5) is 11.4 Å². The third-order valence-electron chi connectivity index (χ3n) is 3.92. The van der Waals surface area contributed by atoms with E-state index in [-0.39, 0.29) is 16.6 Å². The number of nitrogens with zero attached hydrogens (tertiary/aromatic N) is 5. The molecule has 1 aliphatic rings. The molecule has 0 spiro atoms. The van der Waals surface area contributed by atoms with Gasteiger partial charge in [0.2, 0.25) is 0 Å². The van der Waals surface area contributed by atoms with Gasteiger partial charge in [0.1, 0.15) is 5.02 Å². The van der Waals surface area contributed by atoms with Gasteiger partial charge in [-0.05, 0) is 12.8 Å². The number of aromatic nitrogens is 4. The number of nitrogens with one attached hydrogen (secondary N) is 1.